The topological polar surface area (TPSA) is 80.0 Å². The highest BCUT2D eigenvalue weighted by molar-refractivity contribution is 5.75. The number of benzene rings is 1. The number of nitrogens with one attached hydrogen (secondary N) is 2. The first-order valence-corrected chi connectivity index (χ1v) is 7.58. The van der Waals surface area contributed by atoms with Gasteiger partial charge in [-0.05, 0) is 30.0 Å². The molecule has 0 spiro atoms. The largest absolute Gasteiger partial charge is 0.352 e. The SMILES string of the molecule is Cc1noc(CCCC(=O)NCc2ccc3c(c2)CNC3)n1. The zero-order valence-corrected chi connectivity index (χ0v) is 12.7. The number of aryl methyl sites for hydroxylation is 2. The maximum Gasteiger partial charge on any atom is 0.226 e. The van der Waals surface area contributed by atoms with Crippen LogP contribution in [-0.2, 0) is 30.8 Å². The Balaban J connectivity index is 1.40. The van der Waals surface area contributed by atoms with Gasteiger partial charge >= 0.3 is 0 Å². The van der Waals surface area contributed by atoms with Gasteiger partial charge in [-0.3, -0.25) is 4.79 Å². The summed E-state index contributed by atoms with van der Waals surface area (Å²) in [7, 11) is 0. The van der Waals surface area contributed by atoms with Gasteiger partial charge in [-0.25, -0.2) is 0 Å². The fourth-order valence-electron chi connectivity index (χ4n) is 2.59. The summed E-state index contributed by atoms with van der Waals surface area (Å²) < 4.78 is 5.02. The van der Waals surface area contributed by atoms with Crippen LogP contribution in [0.4, 0.5) is 0 Å². The van der Waals surface area contributed by atoms with Gasteiger partial charge in [-0.1, -0.05) is 23.4 Å². The molecule has 2 N–H and O–H groups in total. The summed E-state index contributed by atoms with van der Waals surface area (Å²) in [6.07, 6.45) is 1.81. The van der Waals surface area contributed by atoms with Crippen LogP contribution in [-0.4, -0.2) is 16.0 Å². The number of rotatable bonds is 6. The van der Waals surface area contributed by atoms with E-state index in [4.69, 9.17) is 4.52 Å². The summed E-state index contributed by atoms with van der Waals surface area (Å²) in [5, 5.41) is 10.0. The predicted molar refractivity (Wildman–Crippen MR) is 80.8 cm³/mol. The minimum Gasteiger partial charge on any atom is -0.352 e. The third kappa shape index (κ3) is 3.71. The highest BCUT2D eigenvalue weighted by atomic mass is 16.5. The van der Waals surface area contributed by atoms with Crippen molar-refractivity contribution >= 4 is 5.91 Å². The molecule has 1 aromatic carbocycles. The second-order valence-corrected chi connectivity index (χ2v) is 5.57. The van der Waals surface area contributed by atoms with Gasteiger partial charge in [0.25, 0.3) is 0 Å². The molecule has 0 bridgehead atoms. The highest BCUT2D eigenvalue weighted by Crippen LogP contribution is 2.16. The summed E-state index contributed by atoms with van der Waals surface area (Å²) in [5.74, 6) is 1.27. The average molecular weight is 300 g/mol. The normalized spacial score (nSPS) is 13.1. The monoisotopic (exact) mass is 300 g/mol. The van der Waals surface area contributed by atoms with Crippen molar-refractivity contribution in [1.82, 2.24) is 20.8 Å². The van der Waals surface area contributed by atoms with Crippen molar-refractivity contribution in [2.24, 2.45) is 0 Å². The van der Waals surface area contributed by atoms with Crippen LogP contribution in [0, 0.1) is 6.92 Å². The number of amides is 1. The van der Waals surface area contributed by atoms with E-state index in [1.165, 1.54) is 11.1 Å². The van der Waals surface area contributed by atoms with Gasteiger partial charge in [0, 0.05) is 32.5 Å². The lowest BCUT2D eigenvalue weighted by Gasteiger charge is -2.06. The van der Waals surface area contributed by atoms with Crippen molar-refractivity contribution in [3.8, 4) is 0 Å². The zero-order valence-electron chi connectivity index (χ0n) is 12.7. The molecule has 0 atom stereocenters. The molecule has 1 aliphatic rings. The first-order chi connectivity index (χ1) is 10.7. The van der Waals surface area contributed by atoms with E-state index in [0.29, 0.717) is 37.5 Å². The molecule has 2 aromatic rings. The quantitative estimate of drug-likeness (QED) is 0.847. The third-order valence-corrected chi connectivity index (χ3v) is 3.76. The third-order valence-electron chi connectivity index (χ3n) is 3.76. The molecule has 0 fully saturated rings. The molecular weight excluding hydrogens is 280 g/mol. The molecule has 0 unspecified atom stereocenters. The van der Waals surface area contributed by atoms with Gasteiger partial charge in [0.15, 0.2) is 5.82 Å². The van der Waals surface area contributed by atoms with Crippen molar-refractivity contribution in [3.05, 3.63) is 46.6 Å². The Morgan fingerprint density at radius 1 is 1.36 bits per heavy atom. The maximum atomic E-state index is 11.9. The van der Waals surface area contributed by atoms with Crippen LogP contribution >= 0.6 is 0 Å². The molecule has 0 saturated carbocycles. The lowest BCUT2D eigenvalue weighted by molar-refractivity contribution is -0.121. The molecule has 1 amide bonds. The molecule has 1 aromatic heterocycles. The average Bonchev–Trinajstić information content (AvgIpc) is 3.13. The van der Waals surface area contributed by atoms with E-state index < -0.39 is 0 Å². The van der Waals surface area contributed by atoms with E-state index in [9.17, 15) is 4.79 Å². The van der Waals surface area contributed by atoms with Crippen molar-refractivity contribution in [3.63, 3.8) is 0 Å². The van der Waals surface area contributed by atoms with Crippen molar-refractivity contribution in [2.45, 2.75) is 45.8 Å². The minimum absolute atomic E-state index is 0.0508. The summed E-state index contributed by atoms with van der Waals surface area (Å²) in [5.41, 5.74) is 3.83. The smallest absolute Gasteiger partial charge is 0.226 e. The molecule has 0 radical (unpaired) electrons. The molecule has 116 valence electrons. The van der Waals surface area contributed by atoms with E-state index >= 15 is 0 Å². The molecule has 2 heterocycles. The summed E-state index contributed by atoms with van der Waals surface area (Å²) in [6, 6.07) is 6.37. The summed E-state index contributed by atoms with van der Waals surface area (Å²) >= 11 is 0. The zero-order chi connectivity index (χ0) is 15.4. The number of hydrogen-bond donors (Lipinski definition) is 2. The van der Waals surface area contributed by atoms with Gasteiger partial charge in [-0.2, -0.15) is 4.98 Å². The Labute approximate surface area is 129 Å². The van der Waals surface area contributed by atoms with Crippen LogP contribution < -0.4 is 10.6 Å². The first kappa shape index (κ1) is 14.7. The van der Waals surface area contributed by atoms with Crippen molar-refractivity contribution < 1.29 is 9.32 Å². The second kappa shape index (κ2) is 6.70. The molecular formula is C16H20N4O2. The number of carbonyl (C=O) groups excluding carboxylic acids is 1. The predicted octanol–water partition coefficient (Wildman–Crippen LogP) is 1.62. The van der Waals surface area contributed by atoms with Crippen LogP contribution in [0.15, 0.2) is 22.7 Å². The Kier molecular flexibility index (Phi) is 4.48. The van der Waals surface area contributed by atoms with E-state index in [-0.39, 0.29) is 5.91 Å². The summed E-state index contributed by atoms with van der Waals surface area (Å²) in [4.78, 5) is 16.0. The first-order valence-electron chi connectivity index (χ1n) is 7.58. The number of hydrogen-bond acceptors (Lipinski definition) is 5. The summed E-state index contributed by atoms with van der Waals surface area (Å²) in [6.45, 7) is 4.22. The highest BCUT2D eigenvalue weighted by Gasteiger charge is 2.10. The van der Waals surface area contributed by atoms with E-state index in [0.717, 1.165) is 18.7 Å². The molecule has 1 aliphatic heterocycles. The Morgan fingerprint density at radius 3 is 3.05 bits per heavy atom. The number of aromatic nitrogens is 2. The fraction of sp³-hybridized carbons (Fsp3) is 0.438. The molecule has 0 aliphatic carbocycles. The van der Waals surface area contributed by atoms with E-state index in [2.05, 4.69) is 39.0 Å². The Bertz CT molecular complexity index is 666. The molecule has 3 rings (SSSR count). The van der Waals surface area contributed by atoms with Crippen LogP contribution in [0.2, 0.25) is 0 Å². The fourth-order valence-corrected chi connectivity index (χ4v) is 2.59. The molecule has 6 nitrogen and oxygen atoms in total. The van der Waals surface area contributed by atoms with E-state index in [1.54, 1.807) is 6.92 Å². The second-order valence-electron chi connectivity index (χ2n) is 5.57. The Hall–Kier alpha value is -2.21. The van der Waals surface area contributed by atoms with Gasteiger partial charge in [0.1, 0.15) is 0 Å². The maximum absolute atomic E-state index is 11.9. The molecule has 0 saturated heterocycles. The van der Waals surface area contributed by atoms with Crippen LogP contribution in [0.1, 0.15) is 41.2 Å². The number of carbonyl (C=O) groups is 1. The minimum atomic E-state index is 0.0508. The molecule has 22 heavy (non-hydrogen) atoms. The molecule has 6 heteroatoms. The van der Waals surface area contributed by atoms with Gasteiger partial charge in [0.05, 0.1) is 0 Å². The lowest BCUT2D eigenvalue weighted by Crippen LogP contribution is -2.22. The van der Waals surface area contributed by atoms with E-state index in [1.807, 2.05) is 0 Å². The van der Waals surface area contributed by atoms with Crippen molar-refractivity contribution in [1.29, 1.82) is 0 Å². The van der Waals surface area contributed by atoms with Gasteiger partial charge in [-0.15, -0.1) is 0 Å². The van der Waals surface area contributed by atoms with Crippen LogP contribution in [0.25, 0.3) is 0 Å². The van der Waals surface area contributed by atoms with Crippen LogP contribution in [0.3, 0.4) is 0 Å². The van der Waals surface area contributed by atoms with Gasteiger partial charge in [0.2, 0.25) is 11.8 Å². The van der Waals surface area contributed by atoms with Crippen LogP contribution in [0.5, 0.6) is 0 Å². The standard InChI is InChI=1S/C16H20N4O2/c1-11-19-16(22-20-11)4-2-3-15(21)18-8-12-5-6-13-9-17-10-14(13)7-12/h5-7,17H,2-4,8-10H2,1H3,(H,18,21). The lowest BCUT2D eigenvalue weighted by atomic mass is 10.1. The Morgan fingerprint density at radius 2 is 2.23 bits per heavy atom. The number of fused-ring (bicyclic) bond motifs is 1. The van der Waals surface area contributed by atoms with Crippen molar-refractivity contribution in [2.75, 3.05) is 0 Å². The van der Waals surface area contributed by atoms with Gasteiger partial charge < -0.3 is 15.2 Å². The number of nitrogens with zero attached hydrogens (tertiary/aromatic N) is 2.